The summed E-state index contributed by atoms with van der Waals surface area (Å²) in [4.78, 5) is 26.2. The molecule has 0 saturated carbocycles. The van der Waals surface area contributed by atoms with E-state index in [9.17, 15) is 9.59 Å². The van der Waals surface area contributed by atoms with E-state index in [4.69, 9.17) is 0 Å². The van der Waals surface area contributed by atoms with Crippen molar-refractivity contribution >= 4 is 34.5 Å². The lowest BCUT2D eigenvalue weighted by atomic mass is 10.0. The number of nitrogens with one attached hydrogen (secondary N) is 2. The monoisotopic (exact) mass is 336 g/mol. The van der Waals surface area contributed by atoms with E-state index in [1.54, 1.807) is 31.3 Å². The van der Waals surface area contributed by atoms with Crippen LogP contribution in [0.25, 0.3) is 0 Å². The molecule has 2 rings (SSSR count). The van der Waals surface area contributed by atoms with Crippen molar-refractivity contribution in [3.63, 3.8) is 0 Å². The summed E-state index contributed by atoms with van der Waals surface area (Å²) in [6, 6.07) is 5.64. The molecule has 0 unspecified atom stereocenters. The van der Waals surface area contributed by atoms with E-state index in [2.05, 4.69) is 29.0 Å². The Bertz CT molecular complexity index is 645. The van der Waals surface area contributed by atoms with Crippen molar-refractivity contribution in [2.45, 2.75) is 32.7 Å². The zero-order chi connectivity index (χ0) is 16.2. The maximum absolute atomic E-state index is 12.3. The maximum atomic E-state index is 12.3. The third-order valence-corrected chi connectivity index (χ3v) is 5.30. The van der Waals surface area contributed by atoms with Crippen LogP contribution in [0.2, 0.25) is 0 Å². The molecule has 2 heterocycles. The Balaban J connectivity index is 1.85. The lowest BCUT2D eigenvalue weighted by molar-refractivity contribution is -0.126. The molecular formula is C16H20N2O2S2. The summed E-state index contributed by atoms with van der Waals surface area (Å²) < 4.78 is 0. The third-order valence-electron chi connectivity index (χ3n) is 3.34. The van der Waals surface area contributed by atoms with Gasteiger partial charge in [-0.05, 0) is 55.6 Å². The minimum Gasteiger partial charge on any atom is -0.354 e. The number of hydrogen-bond acceptors (Lipinski definition) is 4. The largest absolute Gasteiger partial charge is 0.354 e. The van der Waals surface area contributed by atoms with Gasteiger partial charge in [0.1, 0.15) is 5.54 Å². The first-order valence-corrected chi connectivity index (χ1v) is 8.83. The Morgan fingerprint density at radius 2 is 1.95 bits per heavy atom. The lowest BCUT2D eigenvalue weighted by Crippen LogP contribution is -2.54. The first-order chi connectivity index (χ1) is 10.4. The molecule has 2 aromatic rings. The van der Waals surface area contributed by atoms with Gasteiger partial charge >= 0.3 is 0 Å². The molecule has 2 aromatic heterocycles. The van der Waals surface area contributed by atoms with Crippen molar-refractivity contribution in [2.24, 2.45) is 0 Å². The number of amides is 2. The van der Waals surface area contributed by atoms with Gasteiger partial charge in [0.25, 0.3) is 5.91 Å². The van der Waals surface area contributed by atoms with Crippen LogP contribution in [-0.4, -0.2) is 23.9 Å². The highest BCUT2D eigenvalue weighted by Crippen LogP contribution is 2.16. The second kappa shape index (κ2) is 7.07. The first kappa shape index (κ1) is 16.7. The first-order valence-electron chi connectivity index (χ1n) is 7.07. The number of carbonyl (C=O) groups excluding carboxylic acids is 2. The van der Waals surface area contributed by atoms with Gasteiger partial charge in [0.15, 0.2) is 0 Å². The summed E-state index contributed by atoms with van der Waals surface area (Å²) in [6.07, 6.45) is 0.810. The number of hydrogen-bond donors (Lipinski definition) is 2. The van der Waals surface area contributed by atoms with Gasteiger partial charge in [0.05, 0.1) is 4.88 Å². The third kappa shape index (κ3) is 4.18. The molecule has 0 radical (unpaired) electrons. The topological polar surface area (TPSA) is 58.2 Å². The number of carbonyl (C=O) groups is 2. The zero-order valence-electron chi connectivity index (χ0n) is 12.9. The van der Waals surface area contributed by atoms with Gasteiger partial charge in [-0.2, -0.15) is 0 Å². The maximum Gasteiger partial charge on any atom is 0.262 e. The predicted octanol–water partition coefficient (Wildman–Crippen LogP) is 2.99. The van der Waals surface area contributed by atoms with Crippen molar-refractivity contribution < 1.29 is 9.59 Å². The van der Waals surface area contributed by atoms with E-state index < -0.39 is 5.54 Å². The van der Waals surface area contributed by atoms with Gasteiger partial charge in [-0.15, -0.1) is 22.7 Å². The van der Waals surface area contributed by atoms with Gasteiger partial charge in [0, 0.05) is 11.4 Å². The molecule has 0 saturated heterocycles. The minimum atomic E-state index is -0.939. The molecule has 0 aliphatic heterocycles. The normalized spacial score (nSPS) is 11.2. The van der Waals surface area contributed by atoms with Crippen molar-refractivity contribution in [2.75, 3.05) is 6.54 Å². The average molecular weight is 336 g/mol. The SMILES string of the molecule is Cc1ccsc1CCNC(=O)C(C)(C)NC(=O)c1cccs1. The van der Waals surface area contributed by atoms with E-state index in [1.165, 1.54) is 21.8 Å². The Kier molecular flexibility index (Phi) is 5.37. The number of thiophene rings is 2. The van der Waals surface area contributed by atoms with Crippen molar-refractivity contribution in [3.8, 4) is 0 Å². The van der Waals surface area contributed by atoms with Crippen LogP contribution >= 0.6 is 22.7 Å². The molecule has 118 valence electrons. The van der Waals surface area contributed by atoms with Crippen LogP contribution in [-0.2, 0) is 11.2 Å². The lowest BCUT2D eigenvalue weighted by Gasteiger charge is -2.24. The number of rotatable bonds is 6. The number of aryl methyl sites for hydroxylation is 1. The fraction of sp³-hybridized carbons (Fsp3) is 0.375. The van der Waals surface area contributed by atoms with Crippen LogP contribution < -0.4 is 10.6 Å². The van der Waals surface area contributed by atoms with Crippen LogP contribution in [0.1, 0.15) is 34.0 Å². The summed E-state index contributed by atoms with van der Waals surface area (Å²) in [5.74, 6) is -0.393. The molecule has 0 aromatic carbocycles. The highest BCUT2D eigenvalue weighted by molar-refractivity contribution is 7.12. The molecule has 0 fully saturated rings. The summed E-state index contributed by atoms with van der Waals surface area (Å²) in [6.45, 7) is 6.06. The molecule has 0 aliphatic carbocycles. The Morgan fingerprint density at radius 3 is 2.55 bits per heavy atom. The Labute approximate surface area is 138 Å². The molecule has 2 amide bonds. The van der Waals surface area contributed by atoms with Crippen LogP contribution in [0.3, 0.4) is 0 Å². The van der Waals surface area contributed by atoms with E-state index in [0.717, 1.165) is 6.42 Å². The fourth-order valence-corrected chi connectivity index (χ4v) is 3.51. The molecular weight excluding hydrogens is 316 g/mol. The highest BCUT2D eigenvalue weighted by Gasteiger charge is 2.29. The van der Waals surface area contributed by atoms with Crippen molar-refractivity contribution in [3.05, 3.63) is 44.3 Å². The van der Waals surface area contributed by atoms with Gasteiger partial charge < -0.3 is 10.6 Å². The Morgan fingerprint density at radius 1 is 1.18 bits per heavy atom. The molecule has 4 nitrogen and oxygen atoms in total. The van der Waals surface area contributed by atoms with Crippen LogP contribution in [0, 0.1) is 6.92 Å². The smallest absolute Gasteiger partial charge is 0.262 e. The molecule has 0 atom stereocenters. The van der Waals surface area contributed by atoms with E-state index in [0.29, 0.717) is 11.4 Å². The van der Waals surface area contributed by atoms with Crippen molar-refractivity contribution in [1.29, 1.82) is 0 Å². The van der Waals surface area contributed by atoms with E-state index in [1.807, 2.05) is 11.4 Å². The molecule has 22 heavy (non-hydrogen) atoms. The molecule has 0 spiro atoms. The quantitative estimate of drug-likeness (QED) is 0.852. The Hall–Kier alpha value is -1.66. The summed E-state index contributed by atoms with van der Waals surface area (Å²) in [5.41, 5.74) is 0.315. The summed E-state index contributed by atoms with van der Waals surface area (Å²) >= 11 is 3.06. The summed E-state index contributed by atoms with van der Waals surface area (Å²) in [5, 5.41) is 9.56. The average Bonchev–Trinajstić information content (AvgIpc) is 3.10. The standard InChI is InChI=1S/C16H20N2O2S2/c1-11-7-10-22-12(11)6-8-17-15(20)16(2,3)18-14(19)13-5-4-9-21-13/h4-5,7,9-10H,6,8H2,1-3H3,(H,17,20)(H,18,19). The summed E-state index contributed by atoms with van der Waals surface area (Å²) in [7, 11) is 0. The second-order valence-corrected chi connectivity index (χ2v) is 7.54. The van der Waals surface area contributed by atoms with Gasteiger partial charge in [-0.3, -0.25) is 9.59 Å². The molecule has 6 heteroatoms. The zero-order valence-corrected chi connectivity index (χ0v) is 14.6. The van der Waals surface area contributed by atoms with E-state index >= 15 is 0 Å². The molecule has 2 N–H and O–H groups in total. The second-order valence-electron chi connectivity index (χ2n) is 5.59. The predicted molar refractivity (Wildman–Crippen MR) is 91.6 cm³/mol. The minimum absolute atomic E-state index is 0.174. The van der Waals surface area contributed by atoms with Gasteiger partial charge in [-0.1, -0.05) is 6.07 Å². The van der Waals surface area contributed by atoms with Crippen LogP contribution in [0.4, 0.5) is 0 Å². The van der Waals surface area contributed by atoms with Gasteiger partial charge in [0.2, 0.25) is 5.91 Å². The van der Waals surface area contributed by atoms with Crippen LogP contribution in [0.5, 0.6) is 0 Å². The molecule has 0 aliphatic rings. The molecule has 0 bridgehead atoms. The van der Waals surface area contributed by atoms with Gasteiger partial charge in [-0.25, -0.2) is 0 Å². The van der Waals surface area contributed by atoms with Crippen LogP contribution in [0.15, 0.2) is 29.0 Å². The fourth-order valence-electron chi connectivity index (χ4n) is 1.98. The highest BCUT2D eigenvalue weighted by atomic mass is 32.1. The van der Waals surface area contributed by atoms with E-state index in [-0.39, 0.29) is 11.8 Å². The van der Waals surface area contributed by atoms with Crippen molar-refractivity contribution in [1.82, 2.24) is 10.6 Å².